The quantitative estimate of drug-likeness (QED) is 0.782. The topological polar surface area (TPSA) is 36.0 Å². The molecule has 1 amide bonds. The van der Waals surface area contributed by atoms with E-state index >= 15 is 0 Å². The normalized spacial score (nSPS) is 14.9. The van der Waals surface area contributed by atoms with Gasteiger partial charge >= 0.3 is 0 Å². The van der Waals surface area contributed by atoms with Gasteiger partial charge < -0.3 is 14.5 Å². The number of carbonyl (C=O) groups is 1. The maximum atomic E-state index is 13.9. The van der Waals surface area contributed by atoms with Gasteiger partial charge in [0.25, 0.3) is 0 Å². The number of halogens is 1. The van der Waals surface area contributed by atoms with Crippen molar-refractivity contribution in [3.63, 3.8) is 0 Å². The third-order valence-electron chi connectivity index (χ3n) is 4.90. The summed E-state index contributed by atoms with van der Waals surface area (Å²) in [4.78, 5) is 18.5. The Morgan fingerprint density at radius 2 is 1.85 bits per heavy atom. The number of nitrogens with zero attached hydrogens (tertiary/aromatic N) is 3. The Kier molecular flexibility index (Phi) is 6.29. The van der Waals surface area contributed by atoms with Gasteiger partial charge in [-0.15, -0.1) is 0 Å². The van der Waals surface area contributed by atoms with E-state index in [4.69, 9.17) is 4.74 Å². The van der Waals surface area contributed by atoms with Crippen molar-refractivity contribution in [3.8, 4) is 5.75 Å². The first kappa shape index (κ1) is 19.2. The van der Waals surface area contributed by atoms with E-state index in [0.717, 1.165) is 24.4 Å². The number of amides is 1. The minimum absolute atomic E-state index is 0.0807. The van der Waals surface area contributed by atoms with E-state index < -0.39 is 0 Å². The van der Waals surface area contributed by atoms with Gasteiger partial charge in [-0.1, -0.05) is 24.3 Å². The van der Waals surface area contributed by atoms with E-state index in [1.807, 2.05) is 42.3 Å². The second-order valence-electron chi connectivity index (χ2n) is 6.82. The lowest BCUT2D eigenvalue weighted by molar-refractivity contribution is -0.131. The molecule has 0 aromatic heterocycles. The highest BCUT2D eigenvalue weighted by molar-refractivity contribution is 5.78. The van der Waals surface area contributed by atoms with E-state index in [1.54, 1.807) is 24.1 Å². The molecule has 5 nitrogen and oxygen atoms in total. The van der Waals surface area contributed by atoms with Gasteiger partial charge in [-0.05, 0) is 29.8 Å². The lowest BCUT2D eigenvalue weighted by atomic mass is 10.2. The van der Waals surface area contributed by atoms with Crippen molar-refractivity contribution in [2.24, 2.45) is 0 Å². The first-order valence-corrected chi connectivity index (χ1v) is 9.15. The van der Waals surface area contributed by atoms with E-state index in [1.165, 1.54) is 6.07 Å². The van der Waals surface area contributed by atoms with Crippen LogP contribution in [-0.4, -0.2) is 62.6 Å². The highest BCUT2D eigenvalue weighted by Gasteiger charge is 2.22. The second kappa shape index (κ2) is 8.86. The average Bonchev–Trinajstić information content (AvgIpc) is 2.69. The van der Waals surface area contributed by atoms with Gasteiger partial charge in [0.1, 0.15) is 11.6 Å². The maximum absolute atomic E-state index is 13.9. The standard InChI is InChI=1S/C21H26FN3O2/c1-23(15-17-6-5-7-18(14-17)27-2)21(26)16-24-10-12-25(13-11-24)20-9-4-3-8-19(20)22/h3-9,14H,10-13,15-16H2,1-2H3. The van der Waals surface area contributed by atoms with Crippen LogP contribution in [0.5, 0.6) is 5.75 Å². The van der Waals surface area contributed by atoms with Gasteiger partial charge in [0.2, 0.25) is 5.91 Å². The van der Waals surface area contributed by atoms with Gasteiger partial charge in [-0.2, -0.15) is 0 Å². The SMILES string of the molecule is COc1cccc(CN(C)C(=O)CN2CCN(c3ccccc3F)CC2)c1. The largest absolute Gasteiger partial charge is 0.497 e. The molecule has 0 radical (unpaired) electrons. The molecule has 0 spiro atoms. The number of piperazine rings is 1. The third kappa shape index (κ3) is 4.98. The Hall–Kier alpha value is -2.60. The number of hydrogen-bond donors (Lipinski definition) is 0. The van der Waals surface area contributed by atoms with Gasteiger partial charge in [0.15, 0.2) is 0 Å². The molecule has 0 aliphatic carbocycles. The summed E-state index contributed by atoms with van der Waals surface area (Å²) in [6.45, 7) is 3.85. The summed E-state index contributed by atoms with van der Waals surface area (Å²) in [5.74, 6) is 0.676. The van der Waals surface area contributed by atoms with Crippen molar-refractivity contribution >= 4 is 11.6 Å². The van der Waals surface area contributed by atoms with Crippen LogP contribution in [0.4, 0.5) is 10.1 Å². The molecule has 0 N–H and O–H groups in total. The molecule has 0 atom stereocenters. The molecule has 1 fully saturated rings. The minimum atomic E-state index is -0.194. The van der Waals surface area contributed by atoms with Crippen molar-refractivity contribution in [1.82, 2.24) is 9.80 Å². The number of rotatable bonds is 6. The van der Waals surface area contributed by atoms with E-state index in [-0.39, 0.29) is 11.7 Å². The molecule has 1 aliphatic rings. The van der Waals surface area contributed by atoms with Crippen molar-refractivity contribution < 1.29 is 13.9 Å². The van der Waals surface area contributed by atoms with Crippen LogP contribution in [0.2, 0.25) is 0 Å². The van der Waals surface area contributed by atoms with Gasteiger partial charge in [0, 0.05) is 39.8 Å². The van der Waals surface area contributed by atoms with Crippen LogP contribution < -0.4 is 9.64 Å². The lowest BCUT2D eigenvalue weighted by Gasteiger charge is -2.36. The van der Waals surface area contributed by atoms with Crippen molar-refractivity contribution in [2.75, 3.05) is 51.8 Å². The summed E-state index contributed by atoms with van der Waals surface area (Å²) < 4.78 is 19.2. The lowest BCUT2D eigenvalue weighted by Crippen LogP contribution is -2.49. The monoisotopic (exact) mass is 371 g/mol. The molecule has 27 heavy (non-hydrogen) atoms. The fraction of sp³-hybridized carbons (Fsp3) is 0.381. The number of anilines is 1. The zero-order valence-corrected chi connectivity index (χ0v) is 15.9. The molecule has 2 aromatic rings. The van der Waals surface area contributed by atoms with Crippen LogP contribution in [0.1, 0.15) is 5.56 Å². The van der Waals surface area contributed by atoms with Gasteiger partial charge in [0.05, 0.1) is 19.3 Å². The summed E-state index contributed by atoms with van der Waals surface area (Å²) >= 11 is 0. The van der Waals surface area contributed by atoms with Crippen LogP contribution in [0.25, 0.3) is 0 Å². The van der Waals surface area contributed by atoms with Crippen LogP contribution >= 0.6 is 0 Å². The molecule has 3 rings (SSSR count). The number of benzene rings is 2. The molecule has 2 aromatic carbocycles. The zero-order valence-electron chi connectivity index (χ0n) is 15.9. The summed E-state index contributed by atoms with van der Waals surface area (Å²) in [5, 5.41) is 0. The fourth-order valence-electron chi connectivity index (χ4n) is 3.30. The molecule has 144 valence electrons. The average molecular weight is 371 g/mol. The van der Waals surface area contributed by atoms with E-state index in [9.17, 15) is 9.18 Å². The number of hydrogen-bond acceptors (Lipinski definition) is 4. The minimum Gasteiger partial charge on any atom is -0.497 e. The number of carbonyl (C=O) groups excluding carboxylic acids is 1. The summed E-state index contributed by atoms with van der Waals surface area (Å²) in [5.41, 5.74) is 1.67. The first-order valence-electron chi connectivity index (χ1n) is 9.15. The molecule has 0 bridgehead atoms. The molecular formula is C21H26FN3O2. The molecule has 1 heterocycles. The molecule has 6 heteroatoms. The smallest absolute Gasteiger partial charge is 0.236 e. The fourth-order valence-corrected chi connectivity index (χ4v) is 3.30. The van der Waals surface area contributed by atoms with Gasteiger partial charge in [-0.3, -0.25) is 9.69 Å². The Morgan fingerprint density at radius 1 is 1.11 bits per heavy atom. The zero-order chi connectivity index (χ0) is 19.2. The van der Waals surface area contributed by atoms with Crippen molar-refractivity contribution in [1.29, 1.82) is 0 Å². The maximum Gasteiger partial charge on any atom is 0.236 e. The number of para-hydroxylation sites is 1. The first-order chi connectivity index (χ1) is 13.1. The molecule has 1 saturated heterocycles. The summed E-state index contributed by atoms with van der Waals surface area (Å²) in [6.07, 6.45) is 0. The number of methoxy groups -OCH3 is 1. The highest BCUT2D eigenvalue weighted by atomic mass is 19.1. The Morgan fingerprint density at radius 3 is 2.56 bits per heavy atom. The highest BCUT2D eigenvalue weighted by Crippen LogP contribution is 2.20. The van der Waals surface area contributed by atoms with Crippen molar-refractivity contribution in [3.05, 3.63) is 59.9 Å². The number of likely N-dealkylation sites (N-methyl/N-ethyl adjacent to an activating group) is 1. The van der Waals surface area contributed by atoms with E-state index in [0.29, 0.717) is 31.9 Å². The Labute approximate surface area is 159 Å². The van der Waals surface area contributed by atoms with Crippen LogP contribution in [0.3, 0.4) is 0 Å². The molecule has 0 saturated carbocycles. The van der Waals surface area contributed by atoms with Crippen LogP contribution in [0, 0.1) is 5.82 Å². The summed E-state index contributed by atoms with van der Waals surface area (Å²) in [6, 6.07) is 14.6. The predicted octanol–water partition coefficient (Wildman–Crippen LogP) is 2.61. The predicted molar refractivity (Wildman–Crippen MR) is 105 cm³/mol. The third-order valence-corrected chi connectivity index (χ3v) is 4.90. The Balaban J connectivity index is 1.49. The van der Waals surface area contributed by atoms with Crippen LogP contribution in [-0.2, 0) is 11.3 Å². The summed E-state index contributed by atoms with van der Waals surface area (Å²) in [7, 11) is 3.45. The molecule has 1 aliphatic heterocycles. The van der Waals surface area contributed by atoms with Crippen molar-refractivity contribution in [2.45, 2.75) is 6.54 Å². The molecular weight excluding hydrogens is 345 g/mol. The van der Waals surface area contributed by atoms with E-state index in [2.05, 4.69) is 4.90 Å². The van der Waals surface area contributed by atoms with Crippen LogP contribution in [0.15, 0.2) is 48.5 Å². The second-order valence-corrected chi connectivity index (χ2v) is 6.82. The Bertz CT molecular complexity index is 776. The van der Waals surface area contributed by atoms with Gasteiger partial charge in [-0.25, -0.2) is 4.39 Å². The molecule has 0 unspecified atom stereocenters. The number of ether oxygens (including phenoxy) is 1.